The number of likely N-dealkylation sites (tertiary alicyclic amines) is 1. The zero-order valence-electron chi connectivity index (χ0n) is 9.63. The molecule has 1 amide bonds. The van der Waals surface area contributed by atoms with E-state index in [9.17, 15) is 4.79 Å². The largest absolute Gasteiger partial charge is 0.465 e. The topological polar surface area (TPSA) is 45.5 Å². The summed E-state index contributed by atoms with van der Waals surface area (Å²) in [7, 11) is 0. The van der Waals surface area contributed by atoms with Crippen molar-refractivity contribution in [2.24, 2.45) is 5.92 Å². The van der Waals surface area contributed by atoms with Crippen LogP contribution in [0.15, 0.2) is 28.9 Å². The Hall–Kier alpha value is -1.55. The number of carbonyl (C=O) groups is 1. The van der Waals surface area contributed by atoms with Crippen LogP contribution in [0.4, 0.5) is 0 Å². The second kappa shape index (κ2) is 4.37. The Morgan fingerprint density at radius 3 is 3.29 bits per heavy atom. The van der Waals surface area contributed by atoms with Crippen LogP contribution in [0.25, 0.3) is 6.08 Å². The van der Waals surface area contributed by atoms with Gasteiger partial charge in [0, 0.05) is 31.8 Å². The van der Waals surface area contributed by atoms with Crippen LogP contribution in [-0.2, 0) is 4.79 Å². The van der Waals surface area contributed by atoms with Gasteiger partial charge in [0.1, 0.15) is 5.76 Å². The van der Waals surface area contributed by atoms with Gasteiger partial charge in [-0.15, -0.1) is 0 Å². The molecule has 1 N–H and O–H groups in total. The predicted octanol–water partition coefficient (Wildman–Crippen LogP) is 1.11. The summed E-state index contributed by atoms with van der Waals surface area (Å²) < 4.78 is 5.16. The third-order valence-corrected chi connectivity index (χ3v) is 3.66. The van der Waals surface area contributed by atoms with Crippen molar-refractivity contribution in [2.75, 3.05) is 19.6 Å². The van der Waals surface area contributed by atoms with E-state index in [0.717, 1.165) is 31.8 Å². The maximum absolute atomic E-state index is 12.1. The maximum atomic E-state index is 12.1. The number of nitrogens with zero attached hydrogens (tertiary/aromatic N) is 1. The van der Waals surface area contributed by atoms with E-state index in [1.54, 1.807) is 18.4 Å². The first kappa shape index (κ1) is 10.6. The molecule has 17 heavy (non-hydrogen) atoms. The zero-order valence-corrected chi connectivity index (χ0v) is 9.63. The molecule has 0 radical (unpaired) electrons. The molecule has 0 saturated carbocycles. The number of rotatable bonds is 2. The molecule has 0 aliphatic carbocycles. The molecule has 2 atom stereocenters. The quantitative estimate of drug-likeness (QED) is 0.777. The van der Waals surface area contributed by atoms with E-state index in [2.05, 4.69) is 5.32 Å². The summed E-state index contributed by atoms with van der Waals surface area (Å²) in [6.45, 7) is 2.87. The average Bonchev–Trinajstić information content (AvgIpc) is 3.02. The number of carbonyl (C=O) groups excluding carboxylic acids is 1. The first-order valence-corrected chi connectivity index (χ1v) is 6.07. The molecule has 4 nitrogen and oxygen atoms in total. The molecule has 1 aromatic heterocycles. The van der Waals surface area contributed by atoms with Gasteiger partial charge < -0.3 is 14.6 Å². The van der Waals surface area contributed by atoms with Crippen molar-refractivity contribution >= 4 is 12.0 Å². The Kier molecular flexibility index (Phi) is 2.73. The maximum Gasteiger partial charge on any atom is 0.246 e. The fourth-order valence-electron chi connectivity index (χ4n) is 2.76. The summed E-state index contributed by atoms with van der Waals surface area (Å²) in [5.41, 5.74) is 0. The van der Waals surface area contributed by atoms with Gasteiger partial charge in [0.2, 0.25) is 5.91 Å². The fraction of sp³-hybridized carbons (Fsp3) is 0.462. The number of fused-ring (bicyclic) bond motifs is 1. The van der Waals surface area contributed by atoms with E-state index in [1.165, 1.54) is 0 Å². The van der Waals surface area contributed by atoms with Crippen LogP contribution >= 0.6 is 0 Å². The molecule has 0 unspecified atom stereocenters. The molecule has 2 aliphatic heterocycles. The molecule has 3 heterocycles. The second-order valence-electron chi connectivity index (χ2n) is 4.65. The molecule has 0 spiro atoms. The minimum atomic E-state index is 0.0950. The van der Waals surface area contributed by atoms with Crippen LogP contribution in [0.3, 0.4) is 0 Å². The lowest BCUT2D eigenvalue weighted by atomic mass is 10.1. The first-order valence-electron chi connectivity index (χ1n) is 6.07. The van der Waals surface area contributed by atoms with Gasteiger partial charge in [-0.3, -0.25) is 4.79 Å². The number of hydrogen-bond acceptors (Lipinski definition) is 3. The van der Waals surface area contributed by atoms with E-state index in [0.29, 0.717) is 12.0 Å². The summed E-state index contributed by atoms with van der Waals surface area (Å²) in [6.07, 6.45) is 6.08. The van der Waals surface area contributed by atoms with E-state index in [-0.39, 0.29) is 5.91 Å². The van der Waals surface area contributed by atoms with Gasteiger partial charge in [-0.25, -0.2) is 0 Å². The molecule has 0 aromatic carbocycles. The van der Waals surface area contributed by atoms with E-state index in [1.807, 2.05) is 17.0 Å². The molecule has 2 saturated heterocycles. The van der Waals surface area contributed by atoms with Gasteiger partial charge in [-0.1, -0.05) is 0 Å². The fourth-order valence-corrected chi connectivity index (χ4v) is 2.76. The minimum absolute atomic E-state index is 0.0950. The summed E-state index contributed by atoms with van der Waals surface area (Å²) >= 11 is 0. The first-order chi connectivity index (χ1) is 8.34. The van der Waals surface area contributed by atoms with Crippen LogP contribution in [0.5, 0.6) is 0 Å². The third-order valence-electron chi connectivity index (χ3n) is 3.66. The van der Waals surface area contributed by atoms with Crippen LogP contribution in [0.2, 0.25) is 0 Å². The molecular weight excluding hydrogens is 216 g/mol. The predicted molar refractivity (Wildman–Crippen MR) is 64.2 cm³/mol. The van der Waals surface area contributed by atoms with Crippen molar-refractivity contribution in [2.45, 2.75) is 12.5 Å². The molecular formula is C13H16N2O2. The molecule has 2 aliphatic rings. The Labute approximate surface area is 100 Å². The Morgan fingerprint density at radius 2 is 2.47 bits per heavy atom. The highest BCUT2D eigenvalue weighted by Gasteiger charge is 2.38. The lowest BCUT2D eigenvalue weighted by Gasteiger charge is -2.21. The average molecular weight is 232 g/mol. The monoisotopic (exact) mass is 232 g/mol. The molecule has 4 heteroatoms. The summed E-state index contributed by atoms with van der Waals surface area (Å²) in [6, 6.07) is 4.05. The minimum Gasteiger partial charge on any atom is -0.465 e. The standard InChI is InChI=1S/C13H16N2O2/c16-13(4-3-11-2-1-7-17-11)15-6-5-10-8-14-9-12(10)15/h1-4,7,10,12,14H,5-6,8-9H2/b4-3+/t10-,12+/m1/s1. The molecule has 90 valence electrons. The number of furan rings is 1. The van der Waals surface area contributed by atoms with Crippen LogP contribution < -0.4 is 5.32 Å². The van der Waals surface area contributed by atoms with Crippen LogP contribution in [0, 0.1) is 5.92 Å². The number of nitrogens with one attached hydrogen (secondary N) is 1. The van der Waals surface area contributed by atoms with Gasteiger partial charge in [-0.2, -0.15) is 0 Å². The van der Waals surface area contributed by atoms with E-state index < -0.39 is 0 Å². The van der Waals surface area contributed by atoms with Gasteiger partial charge in [-0.05, 0) is 30.5 Å². The lowest BCUT2D eigenvalue weighted by Crippen LogP contribution is -2.38. The van der Waals surface area contributed by atoms with Crippen molar-refractivity contribution in [1.82, 2.24) is 10.2 Å². The van der Waals surface area contributed by atoms with E-state index in [4.69, 9.17) is 4.42 Å². The lowest BCUT2D eigenvalue weighted by molar-refractivity contribution is -0.126. The Balaban J connectivity index is 1.66. The van der Waals surface area contributed by atoms with Crippen molar-refractivity contribution in [3.05, 3.63) is 30.2 Å². The highest BCUT2D eigenvalue weighted by Crippen LogP contribution is 2.27. The van der Waals surface area contributed by atoms with E-state index >= 15 is 0 Å². The van der Waals surface area contributed by atoms with Gasteiger partial charge in [0.25, 0.3) is 0 Å². The van der Waals surface area contributed by atoms with Crippen molar-refractivity contribution < 1.29 is 9.21 Å². The van der Waals surface area contributed by atoms with Crippen molar-refractivity contribution in [3.8, 4) is 0 Å². The smallest absolute Gasteiger partial charge is 0.246 e. The molecule has 0 bridgehead atoms. The van der Waals surface area contributed by atoms with Gasteiger partial charge >= 0.3 is 0 Å². The normalized spacial score (nSPS) is 27.9. The second-order valence-corrected chi connectivity index (χ2v) is 4.65. The summed E-state index contributed by atoms with van der Waals surface area (Å²) in [4.78, 5) is 14.0. The highest BCUT2D eigenvalue weighted by atomic mass is 16.3. The number of hydrogen-bond donors (Lipinski definition) is 1. The number of amides is 1. The third kappa shape index (κ3) is 2.00. The zero-order chi connectivity index (χ0) is 11.7. The molecule has 2 fully saturated rings. The van der Waals surface area contributed by atoms with Crippen LogP contribution in [0.1, 0.15) is 12.2 Å². The van der Waals surface area contributed by atoms with Gasteiger partial charge in [0.05, 0.1) is 6.26 Å². The molecule has 3 rings (SSSR count). The van der Waals surface area contributed by atoms with Crippen molar-refractivity contribution in [1.29, 1.82) is 0 Å². The Morgan fingerprint density at radius 1 is 1.53 bits per heavy atom. The summed E-state index contributed by atoms with van der Waals surface area (Å²) in [5, 5.41) is 3.34. The Bertz CT molecular complexity index is 425. The summed E-state index contributed by atoms with van der Waals surface area (Å²) in [5.74, 6) is 1.47. The molecule has 1 aromatic rings. The van der Waals surface area contributed by atoms with Crippen molar-refractivity contribution in [3.63, 3.8) is 0 Å². The van der Waals surface area contributed by atoms with Gasteiger partial charge in [0.15, 0.2) is 0 Å². The van der Waals surface area contributed by atoms with Crippen LogP contribution in [-0.4, -0.2) is 36.5 Å². The SMILES string of the molecule is O=C(/C=C/c1ccco1)N1CC[C@@H]2CNC[C@@H]21. The highest BCUT2D eigenvalue weighted by molar-refractivity contribution is 5.91.